The number of amides is 3. The van der Waals surface area contributed by atoms with Crippen molar-refractivity contribution in [1.29, 1.82) is 0 Å². The van der Waals surface area contributed by atoms with Gasteiger partial charge in [-0.25, -0.2) is 9.18 Å². The lowest BCUT2D eigenvalue weighted by Crippen LogP contribution is -2.43. The molecule has 3 amide bonds. The molecule has 0 heterocycles. The van der Waals surface area contributed by atoms with Gasteiger partial charge in [0.05, 0.1) is 6.54 Å². The monoisotopic (exact) mass is 329 g/mol. The van der Waals surface area contributed by atoms with E-state index in [4.69, 9.17) is 0 Å². The molecule has 1 unspecified atom stereocenters. The zero-order valence-corrected chi connectivity index (χ0v) is 13.4. The van der Waals surface area contributed by atoms with Crippen molar-refractivity contribution in [2.24, 2.45) is 0 Å². The summed E-state index contributed by atoms with van der Waals surface area (Å²) >= 11 is 0. The zero-order valence-electron chi connectivity index (χ0n) is 13.4. The molecule has 0 radical (unpaired) electrons. The summed E-state index contributed by atoms with van der Waals surface area (Å²) in [5.74, 6) is -0.818. The number of imide groups is 1. The Morgan fingerprint density at radius 3 is 2.38 bits per heavy atom. The van der Waals surface area contributed by atoms with E-state index in [-0.39, 0.29) is 18.4 Å². The Hall–Kier alpha value is -2.73. The molecule has 0 saturated carbocycles. The molecule has 0 aliphatic heterocycles. The molecule has 5 nitrogen and oxygen atoms in total. The first-order valence-corrected chi connectivity index (χ1v) is 7.63. The number of carbonyl (C=O) groups is 2. The van der Waals surface area contributed by atoms with Gasteiger partial charge in [-0.1, -0.05) is 48.5 Å². The normalized spacial score (nSPS) is 11.6. The highest BCUT2D eigenvalue weighted by Crippen LogP contribution is 2.21. The molecule has 24 heavy (non-hydrogen) atoms. The lowest BCUT2D eigenvalue weighted by Gasteiger charge is -2.20. The van der Waals surface area contributed by atoms with Crippen molar-refractivity contribution in [2.75, 3.05) is 13.6 Å². The largest absolute Gasteiger partial charge is 0.341 e. The predicted octanol–water partition coefficient (Wildman–Crippen LogP) is 2.15. The van der Waals surface area contributed by atoms with Crippen LogP contribution in [0.1, 0.15) is 17.2 Å². The molecule has 0 saturated heterocycles. The molecule has 126 valence electrons. The third kappa shape index (κ3) is 5.17. The van der Waals surface area contributed by atoms with Gasteiger partial charge in [0.2, 0.25) is 5.91 Å². The van der Waals surface area contributed by atoms with E-state index in [1.807, 2.05) is 30.3 Å². The molecule has 0 aliphatic rings. The molecule has 2 aromatic carbocycles. The van der Waals surface area contributed by atoms with E-state index >= 15 is 0 Å². The van der Waals surface area contributed by atoms with Crippen LogP contribution < -0.4 is 16.0 Å². The second-order valence-corrected chi connectivity index (χ2v) is 5.27. The van der Waals surface area contributed by atoms with Crippen molar-refractivity contribution in [3.63, 3.8) is 0 Å². The molecule has 2 aromatic rings. The van der Waals surface area contributed by atoms with Crippen LogP contribution in [0.5, 0.6) is 0 Å². The third-order valence-corrected chi connectivity index (χ3v) is 3.55. The van der Waals surface area contributed by atoms with E-state index in [0.29, 0.717) is 12.0 Å². The molecular formula is C18H20FN3O2. The van der Waals surface area contributed by atoms with Gasteiger partial charge < -0.3 is 10.6 Å². The van der Waals surface area contributed by atoms with E-state index in [1.165, 1.54) is 13.1 Å². The SMILES string of the molecule is CNC(=O)NC(=O)CNC(Cc1ccccc1)c1ccccc1F. The lowest BCUT2D eigenvalue weighted by molar-refractivity contribution is -0.119. The molecule has 2 rings (SSSR count). The van der Waals surface area contributed by atoms with Gasteiger partial charge in [0, 0.05) is 18.7 Å². The minimum absolute atomic E-state index is 0.0980. The van der Waals surface area contributed by atoms with Crippen LogP contribution in [0.4, 0.5) is 9.18 Å². The van der Waals surface area contributed by atoms with Crippen LogP contribution in [0.15, 0.2) is 54.6 Å². The summed E-state index contributed by atoms with van der Waals surface area (Å²) in [6.45, 7) is -0.0980. The Morgan fingerprint density at radius 1 is 1.04 bits per heavy atom. The third-order valence-electron chi connectivity index (χ3n) is 3.55. The fourth-order valence-corrected chi connectivity index (χ4v) is 2.35. The Balaban J connectivity index is 2.10. The standard InChI is InChI=1S/C18H20FN3O2/c1-20-18(24)22-17(23)12-21-16(11-13-7-3-2-4-8-13)14-9-5-6-10-15(14)19/h2-10,16,21H,11-12H2,1H3,(H2,20,22,23,24). The summed E-state index contributed by atoms with van der Waals surface area (Å²) in [5, 5.41) is 7.50. The molecule has 1 atom stereocenters. The van der Waals surface area contributed by atoms with Crippen LogP contribution in [0.25, 0.3) is 0 Å². The second-order valence-electron chi connectivity index (χ2n) is 5.27. The van der Waals surface area contributed by atoms with E-state index in [2.05, 4.69) is 16.0 Å². The highest BCUT2D eigenvalue weighted by molar-refractivity contribution is 5.95. The number of nitrogens with one attached hydrogen (secondary N) is 3. The zero-order chi connectivity index (χ0) is 17.4. The quantitative estimate of drug-likeness (QED) is 0.760. The van der Waals surface area contributed by atoms with Crippen molar-refractivity contribution < 1.29 is 14.0 Å². The maximum Gasteiger partial charge on any atom is 0.321 e. The van der Waals surface area contributed by atoms with Crippen LogP contribution >= 0.6 is 0 Å². The molecule has 0 spiro atoms. The van der Waals surface area contributed by atoms with Crippen LogP contribution in [0, 0.1) is 5.82 Å². The van der Waals surface area contributed by atoms with Crippen LogP contribution in [0.3, 0.4) is 0 Å². The topological polar surface area (TPSA) is 70.2 Å². The maximum atomic E-state index is 14.1. The number of urea groups is 1. The maximum absolute atomic E-state index is 14.1. The Bertz CT molecular complexity index is 692. The Labute approximate surface area is 140 Å². The summed E-state index contributed by atoms with van der Waals surface area (Å²) in [4.78, 5) is 22.9. The molecule has 0 aliphatic carbocycles. The molecule has 6 heteroatoms. The summed E-state index contributed by atoms with van der Waals surface area (Å²) in [6.07, 6.45) is 0.523. The highest BCUT2D eigenvalue weighted by Gasteiger charge is 2.17. The summed E-state index contributed by atoms with van der Waals surface area (Å²) < 4.78 is 14.1. The first kappa shape index (κ1) is 17.6. The smallest absolute Gasteiger partial charge is 0.321 e. The van der Waals surface area contributed by atoms with Crippen molar-refractivity contribution in [2.45, 2.75) is 12.5 Å². The summed E-state index contributed by atoms with van der Waals surface area (Å²) in [7, 11) is 1.42. The lowest BCUT2D eigenvalue weighted by atomic mass is 9.98. The molecule has 3 N–H and O–H groups in total. The van der Waals surface area contributed by atoms with E-state index in [1.54, 1.807) is 18.2 Å². The Kier molecular flexibility index (Phi) is 6.45. The predicted molar refractivity (Wildman–Crippen MR) is 89.9 cm³/mol. The Morgan fingerprint density at radius 2 is 1.71 bits per heavy atom. The van der Waals surface area contributed by atoms with Crippen molar-refractivity contribution >= 4 is 11.9 Å². The van der Waals surface area contributed by atoms with E-state index < -0.39 is 11.9 Å². The van der Waals surface area contributed by atoms with Crippen molar-refractivity contribution in [3.8, 4) is 0 Å². The number of carbonyl (C=O) groups excluding carboxylic acids is 2. The van der Waals surface area contributed by atoms with Gasteiger partial charge in [0.15, 0.2) is 0 Å². The van der Waals surface area contributed by atoms with Gasteiger partial charge in [-0.15, -0.1) is 0 Å². The second kappa shape index (κ2) is 8.79. The molecular weight excluding hydrogens is 309 g/mol. The fourth-order valence-electron chi connectivity index (χ4n) is 2.35. The van der Waals surface area contributed by atoms with Gasteiger partial charge in [-0.05, 0) is 18.1 Å². The number of benzene rings is 2. The number of hydrogen-bond acceptors (Lipinski definition) is 3. The number of rotatable bonds is 6. The van der Waals surface area contributed by atoms with E-state index in [9.17, 15) is 14.0 Å². The van der Waals surface area contributed by atoms with Gasteiger partial charge in [0.25, 0.3) is 0 Å². The van der Waals surface area contributed by atoms with Gasteiger partial charge in [0.1, 0.15) is 5.82 Å². The van der Waals surface area contributed by atoms with Gasteiger partial charge in [-0.3, -0.25) is 10.1 Å². The van der Waals surface area contributed by atoms with Crippen molar-refractivity contribution in [1.82, 2.24) is 16.0 Å². The highest BCUT2D eigenvalue weighted by atomic mass is 19.1. The van der Waals surface area contributed by atoms with Crippen LogP contribution in [0.2, 0.25) is 0 Å². The number of hydrogen-bond donors (Lipinski definition) is 3. The van der Waals surface area contributed by atoms with Gasteiger partial charge in [-0.2, -0.15) is 0 Å². The first-order valence-electron chi connectivity index (χ1n) is 7.63. The summed E-state index contributed by atoms with van der Waals surface area (Å²) in [6, 6.07) is 15.1. The molecule has 0 fully saturated rings. The average molecular weight is 329 g/mol. The minimum atomic E-state index is -0.577. The minimum Gasteiger partial charge on any atom is -0.341 e. The average Bonchev–Trinajstić information content (AvgIpc) is 2.60. The number of halogens is 1. The molecule has 0 aromatic heterocycles. The first-order chi connectivity index (χ1) is 11.6. The fraction of sp³-hybridized carbons (Fsp3) is 0.222. The van der Waals surface area contributed by atoms with Crippen molar-refractivity contribution in [3.05, 3.63) is 71.5 Å². The van der Waals surface area contributed by atoms with Crippen LogP contribution in [-0.4, -0.2) is 25.5 Å². The molecule has 0 bridgehead atoms. The van der Waals surface area contributed by atoms with E-state index in [0.717, 1.165) is 5.56 Å². The van der Waals surface area contributed by atoms with Crippen LogP contribution in [-0.2, 0) is 11.2 Å². The van der Waals surface area contributed by atoms with Gasteiger partial charge >= 0.3 is 6.03 Å². The summed E-state index contributed by atoms with van der Waals surface area (Å²) in [5.41, 5.74) is 1.50.